The van der Waals surface area contributed by atoms with Crippen molar-refractivity contribution in [3.8, 4) is 0 Å². The fourth-order valence-corrected chi connectivity index (χ4v) is 1.88. The number of amides is 1. The van der Waals surface area contributed by atoms with Crippen molar-refractivity contribution in [2.75, 3.05) is 0 Å². The van der Waals surface area contributed by atoms with Crippen LogP contribution in [0.3, 0.4) is 0 Å². The summed E-state index contributed by atoms with van der Waals surface area (Å²) in [5.41, 5.74) is 1.97. The van der Waals surface area contributed by atoms with Gasteiger partial charge in [0.25, 0.3) is 0 Å². The second-order valence-corrected chi connectivity index (χ2v) is 3.94. The quantitative estimate of drug-likeness (QED) is 0.818. The number of aromatic amines is 1. The van der Waals surface area contributed by atoms with Gasteiger partial charge in [-0.2, -0.15) is 11.3 Å². The largest absolute Gasteiger partial charge is 0.350 e. The van der Waals surface area contributed by atoms with E-state index in [2.05, 4.69) is 15.3 Å². The van der Waals surface area contributed by atoms with Gasteiger partial charge in [-0.1, -0.05) is 0 Å². The van der Waals surface area contributed by atoms with Crippen LogP contribution in [0.2, 0.25) is 0 Å². The van der Waals surface area contributed by atoms with Gasteiger partial charge in [0.05, 0.1) is 25.0 Å². The highest BCUT2D eigenvalue weighted by Crippen LogP contribution is 2.06. The molecule has 0 atom stereocenters. The van der Waals surface area contributed by atoms with Gasteiger partial charge in [0, 0.05) is 6.20 Å². The summed E-state index contributed by atoms with van der Waals surface area (Å²) < 4.78 is 0. The van der Waals surface area contributed by atoms with Crippen LogP contribution < -0.4 is 5.32 Å². The highest BCUT2D eigenvalue weighted by Gasteiger charge is 2.03. The summed E-state index contributed by atoms with van der Waals surface area (Å²) in [6, 6.07) is 1.96. The molecule has 15 heavy (non-hydrogen) atoms. The maximum absolute atomic E-state index is 11.5. The monoisotopic (exact) mass is 221 g/mol. The van der Waals surface area contributed by atoms with Crippen LogP contribution in [0.1, 0.15) is 11.3 Å². The molecule has 0 unspecified atom stereocenters. The fourth-order valence-electron chi connectivity index (χ4n) is 1.22. The molecule has 0 aliphatic carbocycles. The first-order chi connectivity index (χ1) is 7.34. The van der Waals surface area contributed by atoms with E-state index in [0.29, 0.717) is 13.0 Å². The van der Waals surface area contributed by atoms with Crippen molar-refractivity contribution in [1.82, 2.24) is 15.3 Å². The Balaban J connectivity index is 1.78. The third-order valence-corrected chi connectivity index (χ3v) is 2.71. The lowest BCUT2D eigenvalue weighted by Gasteiger charge is -2.01. The lowest BCUT2D eigenvalue weighted by atomic mass is 10.2. The summed E-state index contributed by atoms with van der Waals surface area (Å²) in [4.78, 5) is 18.3. The standard InChI is InChI=1S/C10H11N3OS/c14-10(3-8-1-2-15-6-8)12-5-9-4-11-7-13-9/h1-2,4,6-7H,3,5H2,(H,11,13)(H,12,14). The van der Waals surface area contributed by atoms with Crippen molar-refractivity contribution < 1.29 is 4.79 Å². The molecule has 0 spiro atoms. The molecule has 2 heterocycles. The molecular weight excluding hydrogens is 210 g/mol. The third-order valence-electron chi connectivity index (χ3n) is 1.98. The lowest BCUT2D eigenvalue weighted by Crippen LogP contribution is -2.24. The number of H-pyrrole nitrogens is 1. The Labute approximate surface area is 91.4 Å². The molecule has 0 fully saturated rings. The van der Waals surface area contributed by atoms with Crippen LogP contribution in [0.5, 0.6) is 0 Å². The molecule has 1 amide bonds. The smallest absolute Gasteiger partial charge is 0.224 e. The van der Waals surface area contributed by atoms with Gasteiger partial charge in [0.2, 0.25) is 5.91 Å². The zero-order valence-corrected chi connectivity index (χ0v) is 8.88. The molecule has 2 N–H and O–H groups in total. The van der Waals surface area contributed by atoms with Crippen LogP contribution >= 0.6 is 11.3 Å². The molecule has 5 heteroatoms. The molecule has 0 radical (unpaired) electrons. The highest BCUT2D eigenvalue weighted by molar-refractivity contribution is 7.07. The topological polar surface area (TPSA) is 57.8 Å². The van der Waals surface area contributed by atoms with E-state index in [9.17, 15) is 4.79 Å². The molecule has 2 rings (SSSR count). The number of thiophene rings is 1. The summed E-state index contributed by atoms with van der Waals surface area (Å²) in [5, 5.41) is 6.77. The van der Waals surface area contributed by atoms with Crippen molar-refractivity contribution in [2.24, 2.45) is 0 Å². The first-order valence-corrected chi connectivity index (χ1v) is 5.54. The zero-order chi connectivity index (χ0) is 10.5. The molecular formula is C10H11N3OS. The fraction of sp³-hybridized carbons (Fsp3) is 0.200. The van der Waals surface area contributed by atoms with Gasteiger partial charge >= 0.3 is 0 Å². The van der Waals surface area contributed by atoms with Gasteiger partial charge in [-0.3, -0.25) is 4.79 Å². The molecule has 4 nitrogen and oxygen atoms in total. The second kappa shape index (κ2) is 4.75. The molecule has 0 saturated carbocycles. The molecule has 0 aliphatic rings. The minimum atomic E-state index is 0.0306. The maximum atomic E-state index is 11.5. The van der Waals surface area contributed by atoms with E-state index in [1.807, 2.05) is 16.8 Å². The summed E-state index contributed by atoms with van der Waals surface area (Å²) in [6.07, 6.45) is 3.74. The number of hydrogen-bond donors (Lipinski definition) is 2. The average Bonchev–Trinajstić information content (AvgIpc) is 2.86. The molecule has 2 aromatic heterocycles. The van der Waals surface area contributed by atoms with Crippen molar-refractivity contribution in [2.45, 2.75) is 13.0 Å². The van der Waals surface area contributed by atoms with Crippen molar-refractivity contribution in [3.05, 3.63) is 40.6 Å². The summed E-state index contributed by atoms with van der Waals surface area (Å²) >= 11 is 1.60. The van der Waals surface area contributed by atoms with Crippen molar-refractivity contribution >= 4 is 17.2 Å². The van der Waals surface area contributed by atoms with Gasteiger partial charge < -0.3 is 10.3 Å². The number of aromatic nitrogens is 2. The maximum Gasteiger partial charge on any atom is 0.224 e. The molecule has 2 aromatic rings. The summed E-state index contributed by atoms with van der Waals surface area (Å²) in [7, 11) is 0. The lowest BCUT2D eigenvalue weighted by molar-refractivity contribution is -0.120. The Hall–Kier alpha value is -1.62. The number of carbonyl (C=O) groups is 1. The van der Waals surface area contributed by atoms with Crippen molar-refractivity contribution in [1.29, 1.82) is 0 Å². The van der Waals surface area contributed by atoms with E-state index >= 15 is 0 Å². The van der Waals surface area contributed by atoms with E-state index in [1.54, 1.807) is 23.9 Å². The predicted octanol–water partition coefficient (Wildman–Crippen LogP) is 1.33. The summed E-state index contributed by atoms with van der Waals surface area (Å²) in [6.45, 7) is 0.503. The number of hydrogen-bond acceptors (Lipinski definition) is 3. The van der Waals surface area contributed by atoms with Gasteiger partial charge in [-0.25, -0.2) is 4.98 Å². The van der Waals surface area contributed by atoms with Gasteiger partial charge in [-0.15, -0.1) is 0 Å². The predicted molar refractivity (Wildman–Crippen MR) is 58.5 cm³/mol. The minimum Gasteiger partial charge on any atom is -0.350 e. The van der Waals surface area contributed by atoms with Gasteiger partial charge in [0.1, 0.15) is 0 Å². The number of carbonyl (C=O) groups excluding carboxylic acids is 1. The third kappa shape index (κ3) is 2.92. The minimum absolute atomic E-state index is 0.0306. The molecule has 78 valence electrons. The number of nitrogens with one attached hydrogen (secondary N) is 2. The normalized spacial score (nSPS) is 10.1. The van der Waals surface area contributed by atoms with Crippen LogP contribution in [-0.2, 0) is 17.8 Å². The van der Waals surface area contributed by atoms with E-state index in [-0.39, 0.29) is 5.91 Å². The van der Waals surface area contributed by atoms with Crippen LogP contribution in [0.15, 0.2) is 29.4 Å². The molecule has 0 aromatic carbocycles. The van der Waals surface area contributed by atoms with E-state index in [1.165, 1.54) is 0 Å². The first-order valence-electron chi connectivity index (χ1n) is 4.59. The van der Waals surface area contributed by atoms with Gasteiger partial charge in [-0.05, 0) is 22.4 Å². The van der Waals surface area contributed by atoms with Crippen LogP contribution in [0.25, 0.3) is 0 Å². The SMILES string of the molecule is O=C(Cc1ccsc1)NCc1cnc[nH]1. The first kappa shape index (κ1) is 9.92. The van der Waals surface area contributed by atoms with E-state index < -0.39 is 0 Å². The molecule has 0 aliphatic heterocycles. The zero-order valence-electron chi connectivity index (χ0n) is 8.06. The Morgan fingerprint density at radius 1 is 1.60 bits per heavy atom. The van der Waals surface area contributed by atoms with E-state index in [0.717, 1.165) is 11.3 Å². The van der Waals surface area contributed by atoms with Crippen LogP contribution in [0.4, 0.5) is 0 Å². The van der Waals surface area contributed by atoms with Crippen molar-refractivity contribution in [3.63, 3.8) is 0 Å². The van der Waals surface area contributed by atoms with Crippen LogP contribution in [0, 0.1) is 0 Å². The molecule has 0 saturated heterocycles. The average molecular weight is 221 g/mol. The highest BCUT2D eigenvalue weighted by atomic mass is 32.1. The van der Waals surface area contributed by atoms with E-state index in [4.69, 9.17) is 0 Å². The Kier molecular flexibility index (Phi) is 3.14. The second-order valence-electron chi connectivity index (χ2n) is 3.16. The number of rotatable bonds is 4. The Bertz CT molecular complexity index is 408. The molecule has 0 bridgehead atoms. The Morgan fingerprint density at radius 2 is 2.53 bits per heavy atom. The van der Waals surface area contributed by atoms with Gasteiger partial charge in [0.15, 0.2) is 0 Å². The number of nitrogens with zero attached hydrogens (tertiary/aromatic N) is 1. The Morgan fingerprint density at radius 3 is 3.20 bits per heavy atom. The number of imidazole rings is 1. The van der Waals surface area contributed by atoms with Crippen LogP contribution in [-0.4, -0.2) is 15.9 Å². The summed E-state index contributed by atoms with van der Waals surface area (Å²) in [5.74, 6) is 0.0306.